The number of ether oxygens (including phenoxy) is 1. The molecule has 2 N–H and O–H groups in total. The van der Waals surface area contributed by atoms with Gasteiger partial charge in [0.05, 0.1) is 17.1 Å². The molecule has 8 nitrogen and oxygen atoms in total. The van der Waals surface area contributed by atoms with Gasteiger partial charge in [-0.05, 0) is 30.2 Å². The third-order valence-corrected chi connectivity index (χ3v) is 4.25. The number of hydrogen-bond donors (Lipinski definition) is 2. The maximum atomic E-state index is 12.8. The smallest absolute Gasteiger partial charge is 0.248 e. The predicted octanol–water partition coefficient (Wildman–Crippen LogP) is 2.86. The van der Waals surface area contributed by atoms with Crippen LogP contribution in [-0.2, 0) is 16.6 Å². The number of pyridine rings is 1. The van der Waals surface area contributed by atoms with Gasteiger partial charge in [-0.15, -0.1) is 0 Å². The van der Waals surface area contributed by atoms with E-state index < -0.39 is 6.04 Å². The fraction of sp³-hybridized carbons (Fsp3) is 0.300. The molecule has 8 heteroatoms. The molecule has 0 aliphatic heterocycles. The van der Waals surface area contributed by atoms with E-state index in [4.69, 9.17) is 4.74 Å². The first-order valence-corrected chi connectivity index (χ1v) is 8.98. The Morgan fingerprint density at radius 3 is 2.61 bits per heavy atom. The minimum absolute atomic E-state index is 0.0787. The van der Waals surface area contributed by atoms with Gasteiger partial charge in [0.2, 0.25) is 11.8 Å². The monoisotopic (exact) mass is 381 g/mol. The van der Waals surface area contributed by atoms with Gasteiger partial charge in [0, 0.05) is 20.2 Å². The molecular weight excluding hydrogens is 358 g/mol. The van der Waals surface area contributed by atoms with Crippen LogP contribution in [0, 0.1) is 5.92 Å². The molecule has 0 bridgehead atoms. The van der Waals surface area contributed by atoms with Crippen LogP contribution in [0.2, 0.25) is 0 Å². The number of rotatable bonds is 6. The Morgan fingerprint density at radius 1 is 1.18 bits per heavy atom. The van der Waals surface area contributed by atoms with Gasteiger partial charge in [-0.2, -0.15) is 5.10 Å². The van der Waals surface area contributed by atoms with Crippen LogP contribution in [0.1, 0.15) is 20.8 Å². The number of anilines is 1. The molecule has 0 radical (unpaired) electrons. The molecule has 3 rings (SSSR count). The lowest BCUT2D eigenvalue weighted by atomic mass is 10.0. The predicted molar refractivity (Wildman–Crippen MR) is 106 cm³/mol. The van der Waals surface area contributed by atoms with Gasteiger partial charge in [-0.3, -0.25) is 19.3 Å². The molecule has 0 aliphatic carbocycles. The van der Waals surface area contributed by atoms with E-state index in [1.54, 1.807) is 42.3 Å². The maximum absolute atomic E-state index is 12.8. The van der Waals surface area contributed by atoms with Crippen molar-refractivity contribution in [1.29, 1.82) is 0 Å². The molecule has 2 heterocycles. The minimum Gasteiger partial charge on any atom is -0.455 e. The Hall–Kier alpha value is -3.42. The van der Waals surface area contributed by atoms with Crippen LogP contribution in [0.5, 0.6) is 11.5 Å². The highest BCUT2D eigenvalue weighted by molar-refractivity contribution is 6.05. The van der Waals surface area contributed by atoms with Crippen molar-refractivity contribution in [3.63, 3.8) is 0 Å². The van der Waals surface area contributed by atoms with Crippen molar-refractivity contribution in [3.05, 3.63) is 42.7 Å². The van der Waals surface area contributed by atoms with E-state index in [0.717, 1.165) is 5.52 Å². The first kappa shape index (κ1) is 19.3. The highest BCUT2D eigenvalue weighted by Crippen LogP contribution is 2.34. The molecule has 28 heavy (non-hydrogen) atoms. The first-order chi connectivity index (χ1) is 13.4. The van der Waals surface area contributed by atoms with Crippen LogP contribution >= 0.6 is 0 Å². The van der Waals surface area contributed by atoms with E-state index in [9.17, 15) is 9.59 Å². The van der Waals surface area contributed by atoms with Crippen molar-refractivity contribution >= 4 is 28.5 Å². The Morgan fingerprint density at radius 2 is 1.96 bits per heavy atom. The molecule has 1 atom stereocenters. The fourth-order valence-electron chi connectivity index (χ4n) is 2.94. The molecule has 0 fully saturated rings. The van der Waals surface area contributed by atoms with Gasteiger partial charge in [0.25, 0.3) is 0 Å². The van der Waals surface area contributed by atoms with Crippen LogP contribution in [0.3, 0.4) is 0 Å². The van der Waals surface area contributed by atoms with Gasteiger partial charge in [-0.1, -0.05) is 19.9 Å². The number of carbonyl (C=O) groups is 2. The molecule has 0 saturated carbocycles. The third kappa shape index (κ3) is 4.11. The van der Waals surface area contributed by atoms with E-state index >= 15 is 0 Å². The van der Waals surface area contributed by atoms with E-state index in [1.807, 2.05) is 26.0 Å². The van der Waals surface area contributed by atoms with Crippen molar-refractivity contribution in [3.8, 4) is 11.5 Å². The van der Waals surface area contributed by atoms with Crippen LogP contribution < -0.4 is 15.4 Å². The molecule has 1 aromatic carbocycles. The summed E-state index contributed by atoms with van der Waals surface area (Å²) in [5, 5.41) is 10.6. The second-order valence-electron chi connectivity index (χ2n) is 6.82. The Kier molecular flexibility index (Phi) is 5.58. The number of benzene rings is 1. The molecule has 146 valence electrons. The summed E-state index contributed by atoms with van der Waals surface area (Å²) in [6, 6.07) is 8.47. The average molecular weight is 381 g/mol. The summed E-state index contributed by atoms with van der Waals surface area (Å²) in [6.07, 6.45) is 3.27. The largest absolute Gasteiger partial charge is 0.455 e. The standard InChI is InChI=1S/C20H23N5O3/c1-12(2)18(22-13(3)26)20(27)23-19-17-15(25(4)24-19)8-5-9-16(17)28-14-7-6-10-21-11-14/h5-12,18H,1-4H3,(H,22,26)(H,23,24,27)/t18-/m0/s1. The summed E-state index contributed by atoms with van der Waals surface area (Å²) in [4.78, 5) is 28.3. The Bertz CT molecular complexity index is 998. The summed E-state index contributed by atoms with van der Waals surface area (Å²) in [5.41, 5.74) is 0.803. The van der Waals surface area contributed by atoms with Crippen molar-refractivity contribution in [2.24, 2.45) is 13.0 Å². The SMILES string of the molecule is CC(=O)N[C@H](C(=O)Nc1nn(C)c2cccc(Oc3cccnc3)c12)C(C)C. The van der Waals surface area contributed by atoms with Gasteiger partial charge < -0.3 is 15.4 Å². The highest BCUT2D eigenvalue weighted by atomic mass is 16.5. The van der Waals surface area contributed by atoms with Gasteiger partial charge in [0.1, 0.15) is 17.5 Å². The highest BCUT2D eigenvalue weighted by Gasteiger charge is 2.25. The second-order valence-corrected chi connectivity index (χ2v) is 6.82. The molecule has 0 unspecified atom stereocenters. The number of nitrogens with zero attached hydrogens (tertiary/aromatic N) is 3. The normalized spacial score (nSPS) is 12.0. The van der Waals surface area contributed by atoms with E-state index in [1.165, 1.54) is 6.92 Å². The third-order valence-electron chi connectivity index (χ3n) is 4.25. The van der Waals surface area contributed by atoms with Crippen molar-refractivity contribution in [2.75, 3.05) is 5.32 Å². The zero-order chi connectivity index (χ0) is 20.3. The molecule has 2 aromatic heterocycles. The number of nitrogens with one attached hydrogen (secondary N) is 2. The van der Waals surface area contributed by atoms with Gasteiger partial charge in [-0.25, -0.2) is 0 Å². The lowest BCUT2D eigenvalue weighted by molar-refractivity contribution is -0.126. The average Bonchev–Trinajstić information content (AvgIpc) is 2.97. The number of fused-ring (bicyclic) bond motifs is 1. The van der Waals surface area contributed by atoms with Crippen LogP contribution in [0.4, 0.5) is 5.82 Å². The lowest BCUT2D eigenvalue weighted by Crippen LogP contribution is -2.46. The summed E-state index contributed by atoms with van der Waals surface area (Å²) in [7, 11) is 1.79. The molecule has 0 aliphatic rings. The zero-order valence-corrected chi connectivity index (χ0v) is 16.3. The number of amides is 2. The minimum atomic E-state index is -0.666. The first-order valence-electron chi connectivity index (χ1n) is 8.98. The maximum Gasteiger partial charge on any atom is 0.248 e. The van der Waals surface area contributed by atoms with E-state index in [2.05, 4.69) is 20.7 Å². The second kappa shape index (κ2) is 8.08. The molecule has 0 saturated heterocycles. The summed E-state index contributed by atoms with van der Waals surface area (Å²) in [6.45, 7) is 5.12. The number of carbonyl (C=O) groups excluding carboxylic acids is 2. The van der Waals surface area contributed by atoms with E-state index in [0.29, 0.717) is 22.7 Å². The van der Waals surface area contributed by atoms with Crippen LogP contribution in [0.15, 0.2) is 42.7 Å². The summed E-state index contributed by atoms with van der Waals surface area (Å²) < 4.78 is 7.63. The van der Waals surface area contributed by atoms with Gasteiger partial charge >= 0.3 is 0 Å². The number of aromatic nitrogens is 3. The number of hydrogen-bond acceptors (Lipinski definition) is 5. The molecule has 3 aromatic rings. The molecule has 2 amide bonds. The number of aryl methyl sites for hydroxylation is 1. The van der Waals surface area contributed by atoms with Crippen molar-refractivity contribution < 1.29 is 14.3 Å². The Balaban J connectivity index is 1.97. The Labute approximate surface area is 162 Å². The summed E-state index contributed by atoms with van der Waals surface area (Å²) >= 11 is 0. The van der Waals surface area contributed by atoms with Crippen molar-refractivity contribution in [2.45, 2.75) is 26.8 Å². The molecular formula is C20H23N5O3. The van der Waals surface area contributed by atoms with E-state index in [-0.39, 0.29) is 17.7 Å². The topological polar surface area (TPSA) is 98.1 Å². The van der Waals surface area contributed by atoms with Crippen molar-refractivity contribution in [1.82, 2.24) is 20.1 Å². The van der Waals surface area contributed by atoms with Crippen LogP contribution in [-0.4, -0.2) is 32.6 Å². The molecule has 0 spiro atoms. The van der Waals surface area contributed by atoms with Crippen LogP contribution in [0.25, 0.3) is 10.9 Å². The quantitative estimate of drug-likeness (QED) is 0.684. The summed E-state index contributed by atoms with van der Waals surface area (Å²) in [5.74, 6) is 0.827. The lowest BCUT2D eigenvalue weighted by Gasteiger charge is -2.20. The fourth-order valence-corrected chi connectivity index (χ4v) is 2.94. The zero-order valence-electron chi connectivity index (χ0n) is 16.3. The van der Waals surface area contributed by atoms with Gasteiger partial charge in [0.15, 0.2) is 5.82 Å².